The number of alkyl halides is 3. The van der Waals surface area contributed by atoms with Crippen LogP contribution in [0, 0.1) is 0 Å². The molecule has 2 aromatic rings. The molecule has 0 bridgehead atoms. The molecule has 2 rings (SSSR count). The second-order valence-corrected chi connectivity index (χ2v) is 5.16. The lowest BCUT2D eigenvalue weighted by molar-refractivity contribution is -0.137. The fraction of sp³-hybridized carbons (Fsp3) is 0.214. The van der Waals surface area contributed by atoms with Crippen LogP contribution in [-0.4, -0.2) is 12.0 Å². The van der Waals surface area contributed by atoms with Crippen molar-refractivity contribution < 1.29 is 13.2 Å². The number of aromatic nitrogens is 1. The van der Waals surface area contributed by atoms with Gasteiger partial charge in [0.25, 0.3) is 0 Å². The van der Waals surface area contributed by atoms with Crippen LogP contribution in [0.1, 0.15) is 22.9 Å². The molecule has 0 spiro atoms. The van der Waals surface area contributed by atoms with Gasteiger partial charge < -0.3 is 5.32 Å². The molecule has 106 valence electrons. The van der Waals surface area contributed by atoms with Gasteiger partial charge in [-0.25, -0.2) is 0 Å². The Morgan fingerprint density at radius 3 is 2.50 bits per heavy atom. The Bertz CT molecular complexity index is 582. The zero-order chi connectivity index (χ0) is 14.8. The number of hydrogen-bond acceptors (Lipinski definition) is 2. The summed E-state index contributed by atoms with van der Waals surface area (Å²) in [4.78, 5) is 4.23. The first-order valence-electron chi connectivity index (χ1n) is 5.87. The third kappa shape index (κ3) is 3.37. The highest BCUT2D eigenvalue weighted by Gasteiger charge is 2.31. The molecule has 1 unspecified atom stereocenters. The highest BCUT2D eigenvalue weighted by molar-refractivity contribution is 9.10. The molecule has 1 N–H and O–H groups in total. The van der Waals surface area contributed by atoms with Gasteiger partial charge in [-0.05, 0) is 52.8 Å². The second-order valence-electron chi connectivity index (χ2n) is 4.25. The summed E-state index contributed by atoms with van der Waals surface area (Å²) < 4.78 is 39.1. The van der Waals surface area contributed by atoms with E-state index in [1.807, 2.05) is 0 Å². The number of rotatable bonds is 3. The highest BCUT2D eigenvalue weighted by atomic mass is 79.9. The Labute approximate surface area is 123 Å². The van der Waals surface area contributed by atoms with Crippen molar-refractivity contribution in [1.82, 2.24) is 10.3 Å². The predicted molar refractivity (Wildman–Crippen MR) is 74.3 cm³/mol. The van der Waals surface area contributed by atoms with Crippen molar-refractivity contribution in [3.63, 3.8) is 0 Å². The molecule has 2 nitrogen and oxygen atoms in total. The molecule has 6 heteroatoms. The van der Waals surface area contributed by atoms with Crippen LogP contribution in [0.25, 0.3) is 0 Å². The van der Waals surface area contributed by atoms with Crippen molar-refractivity contribution in [1.29, 1.82) is 0 Å². The van der Waals surface area contributed by atoms with E-state index >= 15 is 0 Å². The topological polar surface area (TPSA) is 24.9 Å². The van der Waals surface area contributed by atoms with Gasteiger partial charge in [-0.3, -0.25) is 4.98 Å². The first-order valence-corrected chi connectivity index (χ1v) is 6.67. The molecule has 20 heavy (non-hydrogen) atoms. The number of nitrogens with one attached hydrogen (secondary N) is 1. The summed E-state index contributed by atoms with van der Waals surface area (Å²) in [5, 5.41) is 2.99. The molecular formula is C14H12BrF3N2. The molecular weight excluding hydrogens is 333 g/mol. The van der Waals surface area contributed by atoms with Gasteiger partial charge in [0.2, 0.25) is 0 Å². The summed E-state index contributed by atoms with van der Waals surface area (Å²) in [6, 6.07) is 8.45. The van der Waals surface area contributed by atoms with E-state index in [4.69, 9.17) is 0 Å². The van der Waals surface area contributed by atoms with Gasteiger partial charge in [-0.15, -0.1) is 0 Å². The number of nitrogens with zero attached hydrogens (tertiary/aromatic N) is 1. The van der Waals surface area contributed by atoms with Crippen molar-refractivity contribution in [2.45, 2.75) is 12.2 Å². The minimum atomic E-state index is -4.35. The standard InChI is InChI=1S/C14H12BrF3N2/c1-19-13(12-6-5-11(15)8-20-12)9-3-2-4-10(7-9)14(16,17)18/h2-8,13,19H,1H3. The summed E-state index contributed by atoms with van der Waals surface area (Å²) in [5.74, 6) is 0. The van der Waals surface area contributed by atoms with E-state index in [1.165, 1.54) is 6.07 Å². The number of pyridine rings is 1. The summed E-state index contributed by atoms with van der Waals surface area (Å²) in [6.07, 6.45) is -2.73. The van der Waals surface area contributed by atoms with Gasteiger partial charge >= 0.3 is 6.18 Å². The molecule has 1 aromatic carbocycles. The lowest BCUT2D eigenvalue weighted by atomic mass is 10.0. The van der Waals surface area contributed by atoms with Gasteiger partial charge in [0, 0.05) is 10.7 Å². The monoisotopic (exact) mass is 344 g/mol. The largest absolute Gasteiger partial charge is 0.416 e. The van der Waals surface area contributed by atoms with E-state index in [1.54, 1.807) is 31.4 Å². The van der Waals surface area contributed by atoms with Crippen LogP contribution in [0.15, 0.2) is 47.1 Å². The van der Waals surface area contributed by atoms with Gasteiger partial charge in [0.1, 0.15) is 0 Å². The van der Waals surface area contributed by atoms with E-state index in [2.05, 4.69) is 26.2 Å². The number of benzene rings is 1. The number of halogens is 4. The molecule has 0 aliphatic carbocycles. The molecule has 0 aliphatic rings. The normalized spacial score (nSPS) is 13.2. The third-order valence-corrected chi connectivity index (χ3v) is 3.35. The van der Waals surface area contributed by atoms with Gasteiger partial charge in [0.05, 0.1) is 17.3 Å². The minimum Gasteiger partial charge on any atom is -0.308 e. The zero-order valence-corrected chi connectivity index (χ0v) is 12.2. The van der Waals surface area contributed by atoms with Gasteiger partial charge in [-0.2, -0.15) is 13.2 Å². The van der Waals surface area contributed by atoms with Gasteiger partial charge in [-0.1, -0.05) is 12.1 Å². The van der Waals surface area contributed by atoms with Crippen LogP contribution < -0.4 is 5.32 Å². The maximum atomic E-state index is 12.7. The Morgan fingerprint density at radius 1 is 1.20 bits per heavy atom. The van der Waals surface area contributed by atoms with Crippen molar-refractivity contribution in [3.8, 4) is 0 Å². The zero-order valence-electron chi connectivity index (χ0n) is 10.6. The molecule has 0 amide bonds. The van der Waals surface area contributed by atoms with Crippen molar-refractivity contribution in [2.75, 3.05) is 7.05 Å². The molecule has 1 aromatic heterocycles. The molecule has 0 radical (unpaired) electrons. The maximum Gasteiger partial charge on any atom is 0.416 e. The van der Waals surface area contributed by atoms with E-state index in [0.717, 1.165) is 16.6 Å². The lowest BCUT2D eigenvalue weighted by Gasteiger charge is -2.17. The first kappa shape index (κ1) is 15.0. The maximum absolute atomic E-state index is 12.7. The molecule has 0 saturated heterocycles. The molecule has 1 heterocycles. The predicted octanol–water partition coefficient (Wildman–Crippen LogP) is 4.17. The quantitative estimate of drug-likeness (QED) is 0.903. The van der Waals surface area contributed by atoms with Gasteiger partial charge in [0.15, 0.2) is 0 Å². The van der Waals surface area contributed by atoms with Crippen molar-refractivity contribution in [2.24, 2.45) is 0 Å². The van der Waals surface area contributed by atoms with Crippen LogP contribution in [0.5, 0.6) is 0 Å². The average Bonchev–Trinajstić information content (AvgIpc) is 2.41. The molecule has 0 aliphatic heterocycles. The van der Waals surface area contributed by atoms with E-state index in [0.29, 0.717) is 11.3 Å². The number of hydrogen-bond donors (Lipinski definition) is 1. The van der Waals surface area contributed by atoms with Crippen LogP contribution in [-0.2, 0) is 6.18 Å². The Kier molecular flexibility index (Phi) is 4.45. The molecule has 1 atom stereocenters. The summed E-state index contributed by atoms with van der Waals surface area (Å²) in [7, 11) is 1.69. The summed E-state index contributed by atoms with van der Waals surface area (Å²) >= 11 is 3.28. The highest BCUT2D eigenvalue weighted by Crippen LogP contribution is 2.31. The summed E-state index contributed by atoms with van der Waals surface area (Å²) in [5.41, 5.74) is 0.527. The van der Waals surface area contributed by atoms with Crippen LogP contribution >= 0.6 is 15.9 Å². The average molecular weight is 345 g/mol. The summed E-state index contributed by atoms with van der Waals surface area (Å²) in [6.45, 7) is 0. The van der Waals surface area contributed by atoms with Crippen LogP contribution in [0.3, 0.4) is 0 Å². The van der Waals surface area contributed by atoms with Crippen molar-refractivity contribution >= 4 is 15.9 Å². The minimum absolute atomic E-state index is 0.384. The molecule has 0 saturated carbocycles. The van der Waals surface area contributed by atoms with E-state index in [-0.39, 0.29) is 6.04 Å². The molecule has 0 fully saturated rings. The van der Waals surface area contributed by atoms with Crippen LogP contribution in [0.2, 0.25) is 0 Å². The Morgan fingerprint density at radius 2 is 1.95 bits per heavy atom. The fourth-order valence-electron chi connectivity index (χ4n) is 1.94. The van der Waals surface area contributed by atoms with E-state index in [9.17, 15) is 13.2 Å². The first-order chi connectivity index (χ1) is 9.41. The van der Waals surface area contributed by atoms with Crippen LogP contribution in [0.4, 0.5) is 13.2 Å². The Hall–Kier alpha value is -1.40. The SMILES string of the molecule is CNC(c1cccc(C(F)(F)F)c1)c1ccc(Br)cn1. The Balaban J connectivity index is 2.39. The third-order valence-electron chi connectivity index (χ3n) is 2.88. The second kappa shape index (κ2) is 5.93. The fourth-order valence-corrected chi connectivity index (χ4v) is 2.17. The lowest BCUT2D eigenvalue weighted by Crippen LogP contribution is -2.19. The van der Waals surface area contributed by atoms with Crippen molar-refractivity contribution in [3.05, 3.63) is 63.9 Å². The smallest absolute Gasteiger partial charge is 0.308 e. The van der Waals surface area contributed by atoms with E-state index < -0.39 is 11.7 Å².